The largest absolute Gasteiger partial charge is 0.350 e. The number of amides is 1. The third-order valence-corrected chi connectivity index (χ3v) is 6.42. The number of rotatable bonds is 7. The number of fused-ring (bicyclic) bond motifs is 1. The molecule has 0 unspecified atom stereocenters. The molecule has 3 aromatic carbocycles. The Labute approximate surface area is 190 Å². The highest BCUT2D eigenvalue weighted by molar-refractivity contribution is 7.98. The molecule has 30 heavy (non-hydrogen) atoms. The first kappa shape index (κ1) is 20.9. The van der Waals surface area contributed by atoms with Crippen LogP contribution in [-0.2, 0) is 12.3 Å². The Morgan fingerprint density at radius 3 is 2.30 bits per heavy atom. The number of hydrogen-bond acceptors (Lipinski definition) is 2. The number of hydrogen-bond donors (Lipinski definition) is 1. The van der Waals surface area contributed by atoms with E-state index in [1.165, 1.54) is 15.8 Å². The summed E-state index contributed by atoms with van der Waals surface area (Å²) in [6.07, 6.45) is 2.17. The van der Waals surface area contributed by atoms with E-state index in [0.717, 1.165) is 16.3 Å². The van der Waals surface area contributed by atoms with Crippen LogP contribution in [0.15, 0.2) is 83.9 Å². The Bertz CT molecular complexity index is 1150. The molecule has 152 valence electrons. The lowest BCUT2D eigenvalue weighted by molar-refractivity contribution is 0.0952. The van der Waals surface area contributed by atoms with Crippen LogP contribution < -0.4 is 5.32 Å². The van der Waals surface area contributed by atoms with Crippen LogP contribution in [0.4, 0.5) is 0 Å². The lowest BCUT2D eigenvalue weighted by Crippen LogP contribution is -2.27. The van der Waals surface area contributed by atoms with Gasteiger partial charge in [0.1, 0.15) is 0 Å². The smallest absolute Gasteiger partial charge is 0.251 e. The van der Waals surface area contributed by atoms with Crippen LogP contribution in [0.1, 0.15) is 15.9 Å². The van der Waals surface area contributed by atoms with Crippen LogP contribution in [0, 0.1) is 0 Å². The van der Waals surface area contributed by atoms with Gasteiger partial charge in [-0.1, -0.05) is 53.5 Å². The molecule has 0 atom stereocenters. The number of nitrogens with one attached hydrogen (secondary N) is 1. The van der Waals surface area contributed by atoms with Crippen molar-refractivity contribution in [2.24, 2.45) is 0 Å². The zero-order chi connectivity index (χ0) is 20.9. The Morgan fingerprint density at radius 1 is 0.900 bits per heavy atom. The number of aromatic nitrogens is 1. The third kappa shape index (κ3) is 5.01. The second-order valence-corrected chi connectivity index (χ2v) is 8.77. The maximum Gasteiger partial charge on any atom is 0.251 e. The molecule has 0 saturated carbocycles. The minimum atomic E-state index is -0.0968. The van der Waals surface area contributed by atoms with Crippen LogP contribution in [-0.4, -0.2) is 17.0 Å². The molecule has 0 fully saturated rings. The zero-order valence-electron chi connectivity index (χ0n) is 16.1. The van der Waals surface area contributed by atoms with Crippen LogP contribution in [0.3, 0.4) is 0 Å². The van der Waals surface area contributed by atoms with E-state index in [4.69, 9.17) is 23.2 Å². The van der Waals surface area contributed by atoms with E-state index >= 15 is 0 Å². The lowest BCUT2D eigenvalue weighted by atomic mass is 10.2. The SMILES string of the molecule is O=C(NCCn1cc(SCc2ccc(Cl)cc2)c2ccccc21)c1ccc(Cl)cc1. The molecule has 1 heterocycles. The quantitative estimate of drug-likeness (QED) is 0.316. The molecule has 0 aliphatic heterocycles. The second-order valence-electron chi connectivity index (χ2n) is 6.88. The van der Waals surface area contributed by atoms with E-state index in [1.807, 2.05) is 18.2 Å². The van der Waals surface area contributed by atoms with Crippen LogP contribution in [0.25, 0.3) is 10.9 Å². The number of thioether (sulfide) groups is 1. The highest BCUT2D eigenvalue weighted by atomic mass is 35.5. The zero-order valence-corrected chi connectivity index (χ0v) is 18.5. The molecule has 0 radical (unpaired) electrons. The molecule has 0 spiro atoms. The number of carbonyl (C=O) groups excluding carboxylic acids is 1. The maximum atomic E-state index is 12.3. The van der Waals surface area contributed by atoms with Gasteiger partial charge in [-0.2, -0.15) is 0 Å². The van der Waals surface area contributed by atoms with Gasteiger partial charge in [0.25, 0.3) is 5.91 Å². The summed E-state index contributed by atoms with van der Waals surface area (Å²) < 4.78 is 2.20. The van der Waals surface area contributed by atoms with E-state index < -0.39 is 0 Å². The fraction of sp³-hybridized carbons (Fsp3) is 0.125. The fourth-order valence-electron chi connectivity index (χ4n) is 3.25. The van der Waals surface area contributed by atoms with E-state index in [2.05, 4.69) is 46.4 Å². The number of nitrogens with zero attached hydrogens (tertiary/aromatic N) is 1. The first-order chi connectivity index (χ1) is 14.6. The topological polar surface area (TPSA) is 34.0 Å². The third-order valence-electron chi connectivity index (χ3n) is 4.80. The summed E-state index contributed by atoms with van der Waals surface area (Å²) in [5.41, 5.74) is 3.00. The van der Waals surface area contributed by atoms with E-state index in [1.54, 1.807) is 36.0 Å². The summed E-state index contributed by atoms with van der Waals surface area (Å²) in [7, 11) is 0. The van der Waals surface area contributed by atoms with Crippen molar-refractivity contribution in [3.8, 4) is 0 Å². The number of carbonyl (C=O) groups is 1. The molecule has 1 amide bonds. The number of para-hydroxylation sites is 1. The van der Waals surface area contributed by atoms with Gasteiger partial charge in [-0.05, 0) is 48.0 Å². The van der Waals surface area contributed by atoms with Crippen molar-refractivity contribution in [3.63, 3.8) is 0 Å². The summed E-state index contributed by atoms with van der Waals surface area (Å²) in [5.74, 6) is 0.777. The van der Waals surface area contributed by atoms with Crippen molar-refractivity contribution in [1.82, 2.24) is 9.88 Å². The van der Waals surface area contributed by atoms with Gasteiger partial charge < -0.3 is 9.88 Å². The van der Waals surface area contributed by atoms with Crippen LogP contribution >= 0.6 is 35.0 Å². The molecule has 6 heteroatoms. The van der Waals surface area contributed by atoms with E-state index in [0.29, 0.717) is 23.7 Å². The minimum absolute atomic E-state index is 0.0968. The normalized spacial score (nSPS) is 11.0. The molecule has 1 N–H and O–H groups in total. The fourth-order valence-corrected chi connectivity index (χ4v) is 4.54. The molecule has 4 rings (SSSR count). The van der Waals surface area contributed by atoms with Crippen molar-refractivity contribution >= 4 is 51.8 Å². The molecule has 3 nitrogen and oxygen atoms in total. The Balaban J connectivity index is 1.43. The van der Waals surface area contributed by atoms with Crippen molar-refractivity contribution in [1.29, 1.82) is 0 Å². The molecular weight excluding hydrogens is 435 g/mol. The molecular formula is C24H20Cl2N2OS. The minimum Gasteiger partial charge on any atom is -0.350 e. The van der Waals surface area contributed by atoms with Gasteiger partial charge in [-0.15, -0.1) is 11.8 Å². The monoisotopic (exact) mass is 454 g/mol. The van der Waals surface area contributed by atoms with Crippen molar-refractivity contribution in [2.75, 3.05) is 6.54 Å². The molecule has 0 saturated heterocycles. The van der Waals surface area contributed by atoms with Gasteiger partial charge in [-0.3, -0.25) is 4.79 Å². The van der Waals surface area contributed by atoms with Crippen LogP contribution in [0.2, 0.25) is 10.0 Å². The van der Waals surface area contributed by atoms with Gasteiger partial charge in [0.15, 0.2) is 0 Å². The standard InChI is InChI=1S/C24H20Cl2N2OS/c25-19-9-5-17(6-10-19)16-30-23-15-28(22-4-2-1-3-21(22)23)14-13-27-24(29)18-7-11-20(26)12-8-18/h1-12,15H,13-14,16H2,(H,27,29). The van der Waals surface area contributed by atoms with Gasteiger partial charge >= 0.3 is 0 Å². The first-order valence-corrected chi connectivity index (χ1v) is 11.3. The lowest BCUT2D eigenvalue weighted by Gasteiger charge is -2.08. The highest BCUT2D eigenvalue weighted by Gasteiger charge is 2.10. The predicted octanol–water partition coefficient (Wildman–Crippen LogP) is 6.67. The second kappa shape index (κ2) is 9.61. The molecule has 0 aliphatic carbocycles. The summed E-state index contributed by atoms with van der Waals surface area (Å²) in [6, 6.07) is 23.2. The summed E-state index contributed by atoms with van der Waals surface area (Å²) in [5, 5.41) is 5.57. The van der Waals surface area contributed by atoms with E-state index in [9.17, 15) is 4.79 Å². The summed E-state index contributed by atoms with van der Waals surface area (Å²) in [4.78, 5) is 13.5. The van der Waals surface area contributed by atoms with Gasteiger partial charge in [0.2, 0.25) is 0 Å². The van der Waals surface area contributed by atoms with Gasteiger partial charge in [0.05, 0.1) is 0 Å². The molecule has 1 aromatic heterocycles. The average Bonchev–Trinajstić information content (AvgIpc) is 3.12. The number of halogens is 2. The summed E-state index contributed by atoms with van der Waals surface area (Å²) in [6.45, 7) is 1.24. The highest BCUT2D eigenvalue weighted by Crippen LogP contribution is 2.32. The maximum absolute atomic E-state index is 12.3. The summed E-state index contributed by atoms with van der Waals surface area (Å²) >= 11 is 13.7. The van der Waals surface area contributed by atoms with Crippen molar-refractivity contribution in [2.45, 2.75) is 17.2 Å². The Hall–Kier alpha value is -2.40. The van der Waals surface area contributed by atoms with Crippen LogP contribution in [0.5, 0.6) is 0 Å². The molecule has 0 aliphatic rings. The average molecular weight is 455 g/mol. The molecule has 4 aromatic rings. The first-order valence-electron chi connectivity index (χ1n) is 9.59. The van der Waals surface area contributed by atoms with Crippen molar-refractivity contribution in [3.05, 3.63) is 100 Å². The van der Waals surface area contributed by atoms with Crippen molar-refractivity contribution < 1.29 is 4.79 Å². The predicted molar refractivity (Wildman–Crippen MR) is 127 cm³/mol. The van der Waals surface area contributed by atoms with E-state index in [-0.39, 0.29) is 5.91 Å². The van der Waals surface area contributed by atoms with Gasteiger partial charge in [0, 0.05) is 56.4 Å². The van der Waals surface area contributed by atoms with Gasteiger partial charge in [-0.25, -0.2) is 0 Å². The Morgan fingerprint density at radius 2 is 1.57 bits per heavy atom. The number of benzene rings is 3. The molecule has 0 bridgehead atoms. The Kier molecular flexibility index (Phi) is 6.68.